The van der Waals surface area contributed by atoms with E-state index in [0.717, 1.165) is 0 Å². The molecule has 1 nitrogen and oxygen atoms in total. The SMILES string of the molecule is CC(F)(OC(C)(F)C(F)(F)C(F)(F)C(F)(F)F)C(F)(F)C(F)(F)C(F)(F)F. The Morgan fingerprint density at radius 1 is 0.370 bits per heavy atom. The smallest absolute Gasteiger partial charge is 0.298 e. The van der Waals surface area contributed by atoms with Crippen molar-refractivity contribution in [3.8, 4) is 0 Å². The molecular weight excluding hydrogens is 440 g/mol. The van der Waals surface area contributed by atoms with Crippen molar-refractivity contribution in [2.75, 3.05) is 0 Å². The highest BCUT2D eigenvalue weighted by Crippen LogP contribution is 2.57. The minimum Gasteiger partial charge on any atom is -0.298 e. The second-order valence-corrected chi connectivity index (χ2v) is 5.23. The Balaban J connectivity index is 6.19. The summed E-state index contributed by atoms with van der Waals surface area (Å²) in [6, 6.07) is 0. The van der Waals surface area contributed by atoms with Crippen LogP contribution in [0.4, 0.5) is 70.2 Å². The van der Waals surface area contributed by atoms with E-state index in [1.165, 1.54) is 0 Å². The molecule has 27 heavy (non-hydrogen) atoms. The summed E-state index contributed by atoms with van der Waals surface area (Å²) in [5.41, 5.74) is 0. The van der Waals surface area contributed by atoms with Crippen molar-refractivity contribution >= 4 is 0 Å². The van der Waals surface area contributed by atoms with Crippen LogP contribution in [0.1, 0.15) is 13.8 Å². The van der Waals surface area contributed by atoms with Crippen molar-refractivity contribution in [3.63, 3.8) is 0 Å². The lowest BCUT2D eigenvalue weighted by atomic mass is 10.0. The van der Waals surface area contributed by atoms with Gasteiger partial charge in [0.1, 0.15) is 0 Å². The van der Waals surface area contributed by atoms with Crippen LogP contribution < -0.4 is 0 Å². The average Bonchev–Trinajstić information content (AvgIpc) is 2.33. The van der Waals surface area contributed by atoms with Crippen molar-refractivity contribution in [1.29, 1.82) is 0 Å². The largest absolute Gasteiger partial charge is 0.460 e. The molecule has 2 atom stereocenters. The summed E-state index contributed by atoms with van der Waals surface area (Å²) in [6.07, 6.45) is -14.6. The summed E-state index contributed by atoms with van der Waals surface area (Å²) >= 11 is 0. The highest BCUT2D eigenvalue weighted by Gasteiger charge is 2.85. The van der Waals surface area contributed by atoms with E-state index in [-0.39, 0.29) is 0 Å². The van der Waals surface area contributed by atoms with Crippen molar-refractivity contribution < 1.29 is 75.0 Å². The quantitative estimate of drug-likeness (QED) is 0.453. The fourth-order valence-electron chi connectivity index (χ4n) is 1.40. The number of hydrogen-bond acceptors (Lipinski definition) is 1. The van der Waals surface area contributed by atoms with Gasteiger partial charge in [-0.1, -0.05) is 0 Å². The van der Waals surface area contributed by atoms with Gasteiger partial charge in [0.05, 0.1) is 0 Å². The van der Waals surface area contributed by atoms with Crippen LogP contribution in [-0.4, -0.2) is 47.8 Å². The third kappa shape index (κ3) is 3.74. The van der Waals surface area contributed by atoms with Gasteiger partial charge in [0.2, 0.25) is 0 Å². The number of alkyl halides is 16. The molecule has 0 aromatic rings. The number of ether oxygens (including phenoxy) is 1. The van der Waals surface area contributed by atoms with E-state index in [2.05, 4.69) is 4.74 Å². The summed E-state index contributed by atoms with van der Waals surface area (Å²) in [5.74, 6) is -41.6. The maximum absolute atomic E-state index is 13.6. The molecule has 0 saturated carbocycles. The van der Waals surface area contributed by atoms with E-state index in [0.29, 0.717) is 0 Å². The first-order valence-corrected chi connectivity index (χ1v) is 5.93. The van der Waals surface area contributed by atoms with Crippen LogP contribution in [0.5, 0.6) is 0 Å². The first kappa shape index (κ1) is 25.8. The zero-order valence-electron chi connectivity index (χ0n) is 12.5. The zero-order chi connectivity index (χ0) is 22.7. The molecule has 0 aromatic heterocycles. The Morgan fingerprint density at radius 2 is 0.556 bits per heavy atom. The normalized spacial score (nSPS) is 20.2. The molecule has 0 aliphatic rings. The van der Waals surface area contributed by atoms with Crippen LogP contribution in [0.3, 0.4) is 0 Å². The topological polar surface area (TPSA) is 9.23 Å². The van der Waals surface area contributed by atoms with E-state index in [9.17, 15) is 70.2 Å². The molecule has 164 valence electrons. The molecule has 2 unspecified atom stereocenters. The second-order valence-electron chi connectivity index (χ2n) is 5.23. The van der Waals surface area contributed by atoms with Gasteiger partial charge in [-0.25, -0.2) is 8.78 Å². The lowest BCUT2D eigenvalue weighted by Crippen LogP contribution is -2.68. The standard InChI is InChI=1S/C10H6F16O/c1-3(11,5(13,14)7(17,18)9(21,22)23)27-4(2,12)6(15,16)8(19,20)10(24,25)26/h1-2H3. The van der Waals surface area contributed by atoms with Gasteiger partial charge in [-0.3, -0.25) is 4.74 Å². The lowest BCUT2D eigenvalue weighted by molar-refractivity contribution is -0.466. The Kier molecular flexibility index (Phi) is 5.90. The molecule has 0 aromatic carbocycles. The Labute approximate surface area is 138 Å². The van der Waals surface area contributed by atoms with Gasteiger partial charge >= 0.3 is 36.0 Å². The summed E-state index contributed by atoms with van der Waals surface area (Å²) in [7, 11) is 0. The molecule has 0 heterocycles. The Morgan fingerprint density at radius 3 is 0.704 bits per heavy atom. The summed E-state index contributed by atoms with van der Waals surface area (Å²) in [6.45, 7) is -2.40. The molecule has 0 spiro atoms. The van der Waals surface area contributed by atoms with Crippen LogP contribution in [-0.2, 0) is 4.74 Å². The van der Waals surface area contributed by atoms with E-state index in [1.54, 1.807) is 0 Å². The molecule has 0 aliphatic heterocycles. The summed E-state index contributed by atoms with van der Waals surface area (Å²) < 4.78 is 204. The van der Waals surface area contributed by atoms with Gasteiger partial charge in [0, 0.05) is 13.8 Å². The van der Waals surface area contributed by atoms with Crippen molar-refractivity contribution in [1.82, 2.24) is 0 Å². The molecule has 0 saturated heterocycles. The number of hydrogen-bond donors (Lipinski definition) is 0. The third-order valence-electron chi connectivity index (χ3n) is 3.01. The zero-order valence-corrected chi connectivity index (χ0v) is 12.5. The van der Waals surface area contributed by atoms with Crippen molar-refractivity contribution in [2.45, 2.75) is 61.6 Å². The lowest BCUT2D eigenvalue weighted by Gasteiger charge is -2.42. The van der Waals surface area contributed by atoms with E-state index < -0.39 is 61.6 Å². The number of rotatable bonds is 6. The van der Waals surface area contributed by atoms with Gasteiger partial charge in [0.15, 0.2) is 0 Å². The number of halogens is 16. The minimum absolute atomic E-state index is 1.20. The predicted octanol–water partition coefficient (Wildman–Crippen LogP) is 6.04. The van der Waals surface area contributed by atoms with Gasteiger partial charge in [-0.05, 0) is 0 Å². The van der Waals surface area contributed by atoms with Crippen molar-refractivity contribution in [2.24, 2.45) is 0 Å². The van der Waals surface area contributed by atoms with Crippen molar-refractivity contribution in [3.05, 3.63) is 0 Å². The highest BCUT2D eigenvalue weighted by atomic mass is 19.4. The first-order chi connectivity index (χ1) is 11.2. The van der Waals surface area contributed by atoms with Gasteiger partial charge in [0.25, 0.3) is 11.7 Å². The van der Waals surface area contributed by atoms with Crippen LogP contribution in [0.25, 0.3) is 0 Å². The average molecular weight is 446 g/mol. The molecular formula is C10H6F16O. The van der Waals surface area contributed by atoms with Crippen LogP contribution in [0.2, 0.25) is 0 Å². The van der Waals surface area contributed by atoms with Crippen LogP contribution in [0, 0.1) is 0 Å². The fourth-order valence-corrected chi connectivity index (χ4v) is 1.40. The molecule has 0 radical (unpaired) electrons. The molecule has 0 amide bonds. The maximum Gasteiger partial charge on any atom is 0.460 e. The summed E-state index contributed by atoms with van der Waals surface area (Å²) in [4.78, 5) is 0. The van der Waals surface area contributed by atoms with E-state index in [4.69, 9.17) is 0 Å². The molecule has 0 fully saturated rings. The van der Waals surface area contributed by atoms with E-state index >= 15 is 0 Å². The Bertz CT molecular complexity index is 490. The molecule has 0 rings (SSSR count). The third-order valence-corrected chi connectivity index (χ3v) is 3.01. The van der Waals surface area contributed by atoms with Gasteiger partial charge < -0.3 is 0 Å². The monoisotopic (exact) mass is 446 g/mol. The van der Waals surface area contributed by atoms with Crippen LogP contribution >= 0.6 is 0 Å². The highest BCUT2D eigenvalue weighted by molar-refractivity contribution is 5.03. The van der Waals surface area contributed by atoms with Crippen LogP contribution in [0.15, 0.2) is 0 Å². The first-order valence-electron chi connectivity index (χ1n) is 5.93. The van der Waals surface area contributed by atoms with Gasteiger partial charge in [-0.2, -0.15) is 61.5 Å². The molecule has 17 heteroatoms. The maximum atomic E-state index is 13.6. The van der Waals surface area contributed by atoms with E-state index in [1.807, 2.05) is 0 Å². The molecule has 0 aliphatic carbocycles. The summed E-state index contributed by atoms with van der Waals surface area (Å²) in [5, 5.41) is 0. The minimum atomic E-state index is -7.43. The molecule has 0 N–H and O–H groups in total. The van der Waals surface area contributed by atoms with Gasteiger partial charge in [-0.15, -0.1) is 0 Å². The Hall–Kier alpha value is -1.16. The second kappa shape index (κ2) is 6.17. The molecule has 0 bridgehead atoms. The predicted molar refractivity (Wildman–Crippen MR) is 52.0 cm³/mol. The fraction of sp³-hybridized carbons (Fsp3) is 1.00.